The molecular formula is C13H17F3N2O2. The number of benzene rings is 1. The summed E-state index contributed by atoms with van der Waals surface area (Å²) in [5.41, 5.74) is -1.29. The summed E-state index contributed by atoms with van der Waals surface area (Å²) in [7, 11) is 1.57. The van der Waals surface area contributed by atoms with E-state index in [1.54, 1.807) is 7.11 Å². The molecule has 1 aromatic carbocycles. The van der Waals surface area contributed by atoms with Crippen LogP contribution in [0.1, 0.15) is 15.9 Å². The third kappa shape index (κ3) is 5.18. The van der Waals surface area contributed by atoms with Crippen LogP contribution in [0.3, 0.4) is 0 Å². The number of amides is 1. The summed E-state index contributed by atoms with van der Waals surface area (Å²) in [5.74, 6) is -0.730. The van der Waals surface area contributed by atoms with Crippen LogP contribution in [0, 0.1) is 0 Å². The Morgan fingerprint density at radius 2 is 1.90 bits per heavy atom. The SMILES string of the molecule is COCCNCCNC(=O)c1ccccc1C(F)(F)F. The maximum absolute atomic E-state index is 12.7. The van der Waals surface area contributed by atoms with Gasteiger partial charge in [-0.25, -0.2) is 0 Å². The molecule has 0 saturated heterocycles. The molecule has 20 heavy (non-hydrogen) atoms. The quantitative estimate of drug-likeness (QED) is 0.751. The van der Waals surface area contributed by atoms with Crippen LogP contribution in [0.5, 0.6) is 0 Å². The Morgan fingerprint density at radius 1 is 1.20 bits per heavy atom. The fraction of sp³-hybridized carbons (Fsp3) is 0.462. The highest BCUT2D eigenvalue weighted by Crippen LogP contribution is 2.31. The predicted molar refractivity (Wildman–Crippen MR) is 68.5 cm³/mol. The number of alkyl halides is 3. The maximum atomic E-state index is 12.7. The fourth-order valence-corrected chi connectivity index (χ4v) is 1.59. The Morgan fingerprint density at radius 3 is 2.55 bits per heavy atom. The Labute approximate surface area is 115 Å². The molecule has 1 aromatic rings. The Hall–Kier alpha value is -1.60. The Balaban J connectivity index is 2.52. The first-order valence-corrected chi connectivity index (χ1v) is 6.11. The second-order valence-electron chi connectivity index (χ2n) is 4.04. The standard InChI is InChI=1S/C13H17F3N2O2/c1-20-9-8-17-6-7-18-12(19)10-4-2-3-5-11(10)13(14,15)16/h2-5,17H,6-9H2,1H3,(H,18,19). The van der Waals surface area contributed by atoms with E-state index in [2.05, 4.69) is 10.6 Å². The van der Waals surface area contributed by atoms with Gasteiger partial charge in [0.1, 0.15) is 0 Å². The minimum Gasteiger partial charge on any atom is -0.383 e. The summed E-state index contributed by atoms with van der Waals surface area (Å²) in [6, 6.07) is 4.72. The van der Waals surface area contributed by atoms with Crippen LogP contribution < -0.4 is 10.6 Å². The largest absolute Gasteiger partial charge is 0.417 e. The summed E-state index contributed by atoms with van der Waals surface area (Å²) in [4.78, 5) is 11.7. The number of rotatable bonds is 7. The zero-order valence-electron chi connectivity index (χ0n) is 11.1. The van der Waals surface area contributed by atoms with Gasteiger partial charge in [0, 0.05) is 26.7 Å². The van der Waals surface area contributed by atoms with E-state index < -0.39 is 17.6 Å². The molecule has 2 N–H and O–H groups in total. The highest BCUT2D eigenvalue weighted by Gasteiger charge is 2.34. The van der Waals surface area contributed by atoms with Crippen LogP contribution in [0.4, 0.5) is 13.2 Å². The molecule has 0 heterocycles. The zero-order valence-corrected chi connectivity index (χ0v) is 11.1. The summed E-state index contributed by atoms with van der Waals surface area (Å²) >= 11 is 0. The van der Waals surface area contributed by atoms with Crippen molar-refractivity contribution < 1.29 is 22.7 Å². The van der Waals surface area contributed by atoms with E-state index in [0.29, 0.717) is 19.7 Å². The third-order valence-corrected chi connectivity index (χ3v) is 2.55. The molecule has 0 radical (unpaired) electrons. The van der Waals surface area contributed by atoms with Gasteiger partial charge < -0.3 is 15.4 Å². The number of ether oxygens (including phenoxy) is 1. The Kier molecular flexibility index (Phi) is 6.47. The number of halogens is 3. The lowest BCUT2D eigenvalue weighted by molar-refractivity contribution is -0.137. The van der Waals surface area contributed by atoms with E-state index >= 15 is 0 Å². The average molecular weight is 290 g/mol. The summed E-state index contributed by atoms with van der Waals surface area (Å²) in [6.45, 7) is 1.86. The molecule has 0 aliphatic heterocycles. The molecule has 1 rings (SSSR count). The number of hydrogen-bond donors (Lipinski definition) is 2. The van der Waals surface area contributed by atoms with Crippen molar-refractivity contribution in [2.24, 2.45) is 0 Å². The second-order valence-corrected chi connectivity index (χ2v) is 4.04. The van der Waals surface area contributed by atoms with Crippen molar-refractivity contribution in [3.8, 4) is 0 Å². The van der Waals surface area contributed by atoms with E-state index in [4.69, 9.17) is 4.74 Å². The van der Waals surface area contributed by atoms with Crippen molar-refractivity contribution in [2.45, 2.75) is 6.18 Å². The van der Waals surface area contributed by atoms with Gasteiger partial charge >= 0.3 is 6.18 Å². The second kappa shape index (κ2) is 7.86. The first-order chi connectivity index (χ1) is 9.46. The molecule has 4 nitrogen and oxygen atoms in total. The van der Waals surface area contributed by atoms with Crippen LogP contribution in [-0.4, -0.2) is 39.3 Å². The van der Waals surface area contributed by atoms with Crippen molar-refractivity contribution in [3.63, 3.8) is 0 Å². The van der Waals surface area contributed by atoms with Gasteiger partial charge in [-0.15, -0.1) is 0 Å². The van der Waals surface area contributed by atoms with Crippen LogP contribution in [-0.2, 0) is 10.9 Å². The lowest BCUT2D eigenvalue weighted by atomic mass is 10.1. The molecule has 0 aliphatic carbocycles. The van der Waals surface area contributed by atoms with Gasteiger partial charge in [-0.05, 0) is 12.1 Å². The van der Waals surface area contributed by atoms with Gasteiger partial charge in [0.05, 0.1) is 17.7 Å². The topological polar surface area (TPSA) is 50.4 Å². The molecule has 0 spiro atoms. The minimum absolute atomic E-state index is 0.245. The van der Waals surface area contributed by atoms with E-state index in [0.717, 1.165) is 12.1 Å². The lowest BCUT2D eigenvalue weighted by Crippen LogP contribution is -2.34. The first-order valence-electron chi connectivity index (χ1n) is 6.11. The van der Waals surface area contributed by atoms with Crippen molar-refractivity contribution in [1.29, 1.82) is 0 Å². The lowest BCUT2D eigenvalue weighted by Gasteiger charge is -2.12. The molecule has 0 atom stereocenters. The minimum atomic E-state index is -4.54. The molecule has 0 bridgehead atoms. The van der Waals surface area contributed by atoms with Crippen LogP contribution in [0.2, 0.25) is 0 Å². The number of nitrogens with one attached hydrogen (secondary N) is 2. The van der Waals surface area contributed by atoms with E-state index in [9.17, 15) is 18.0 Å². The Bertz CT molecular complexity index is 436. The van der Waals surface area contributed by atoms with Crippen LogP contribution in [0.25, 0.3) is 0 Å². The molecule has 0 unspecified atom stereocenters. The zero-order chi connectivity index (χ0) is 15.0. The third-order valence-electron chi connectivity index (χ3n) is 2.55. The van der Waals surface area contributed by atoms with Gasteiger partial charge in [-0.1, -0.05) is 12.1 Å². The van der Waals surface area contributed by atoms with E-state index in [1.165, 1.54) is 12.1 Å². The average Bonchev–Trinajstić information content (AvgIpc) is 2.41. The number of carbonyl (C=O) groups is 1. The predicted octanol–water partition coefficient (Wildman–Crippen LogP) is 1.67. The van der Waals surface area contributed by atoms with E-state index in [1.807, 2.05) is 0 Å². The molecular weight excluding hydrogens is 273 g/mol. The summed E-state index contributed by atoms with van der Waals surface area (Å²) in [6.07, 6.45) is -4.54. The smallest absolute Gasteiger partial charge is 0.383 e. The fourth-order valence-electron chi connectivity index (χ4n) is 1.59. The van der Waals surface area contributed by atoms with Gasteiger partial charge in [-0.2, -0.15) is 13.2 Å². The van der Waals surface area contributed by atoms with Gasteiger partial charge in [0.2, 0.25) is 0 Å². The van der Waals surface area contributed by atoms with Crippen molar-refractivity contribution in [1.82, 2.24) is 10.6 Å². The monoisotopic (exact) mass is 290 g/mol. The number of methoxy groups -OCH3 is 1. The van der Waals surface area contributed by atoms with Crippen molar-refractivity contribution in [2.75, 3.05) is 33.4 Å². The van der Waals surface area contributed by atoms with Crippen molar-refractivity contribution >= 4 is 5.91 Å². The normalized spacial score (nSPS) is 11.4. The van der Waals surface area contributed by atoms with Gasteiger partial charge in [0.15, 0.2) is 0 Å². The summed E-state index contributed by atoms with van der Waals surface area (Å²) in [5, 5.41) is 5.42. The van der Waals surface area contributed by atoms with Crippen LogP contribution in [0.15, 0.2) is 24.3 Å². The molecule has 0 aromatic heterocycles. The van der Waals surface area contributed by atoms with Crippen molar-refractivity contribution in [3.05, 3.63) is 35.4 Å². The molecule has 0 saturated carbocycles. The molecule has 1 amide bonds. The molecule has 112 valence electrons. The molecule has 0 fully saturated rings. The maximum Gasteiger partial charge on any atom is 0.417 e. The van der Waals surface area contributed by atoms with Crippen LogP contribution >= 0.6 is 0 Å². The molecule has 0 aliphatic rings. The first kappa shape index (κ1) is 16.5. The number of carbonyl (C=O) groups excluding carboxylic acids is 1. The van der Waals surface area contributed by atoms with Gasteiger partial charge in [0.25, 0.3) is 5.91 Å². The van der Waals surface area contributed by atoms with E-state index in [-0.39, 0.29) is 12.1 Å². The summed E-state index contributed by atoms with van der Waals surface area (Å²) < 4.78 is 43.0. The van der Waals surface area contributed by atoms with Gasteiger partial charge in [-0.3, -0.25) is 4.79 Å². The number of hydrogen-bond acceptors (Lipinski definition) is 3. The molecule has 7 heteroatoms. The highest BCUT2D eigenvalue weighted by molar-refractivity contribution is 5.95. The highest BCUT2D eigenvalue weighted by atomic mass is 19.4.